The topological polar surface area (TPSA) is 52.1 Å². The molecule has 0 aliphatic rings. The second kappa shape index (κ2) is 6.62. The molecular formula is C20H18N2O2. The van der Waals surface area contributed by atoms with Crippen molar-refractivity contribution in [1.82, 2.24) is 9.97 Å². The Kier molecular flexibility index (Phi) is 4.38. The molecule has 0 atom stereocenters. The Morgan fingerprint density at radius 2 is 1.54 bits per heavy atom. The van der Waals surface area contributed by atoms with Crippen LogP contribution in [-0.4, -0.2) is 23.0 Å². The van der Waals surface area contributed by atoms with Crippen LogP contribution in [-0.2, 0) is 4.74 Å². The van der Waals surface area contributed by atoms with Gasteiger partial charge < -0.3 is 4.74 Å². The molecule has 0 spiro atoms. The fourth-order valence-corrected chi connectivity index (χ4v) is 2.56. The van der Waals surface area contributed by atoms with Gasteiger partial charge in [-0.15, -0.1) is 0 Å². The zero-order valence-electron chi connectivity index (χ0n) is 13.9. The van der Waals surface area contributed by atoms with E-state index >= 15 is 0 Å². The number of nitrogens with zero attached hydrogens (tertiary/aromatic N) is 2. The number of aryl methyl sites for hydroxylation is 2. The van der Waals surface area contributed by atoms with Crippen LogP contribution in [0.25, 0.3) is 22.6 Å². The lowest BCUT2D eigenvalue weighted by Gasteiger charge is -2.12. The summed E-state index contributed by atoms with van der Waals surface area (Å²) < 4.78 is 4.93. The molecule has 0 unspecified atom stereocenters. The maximum Gasteiger partial charge on any atom is 0.341 e. The Morgan fingerprint density at radius 1 is 0.875 bits per heavy atom. The van der Waals surface area contributed by atoms with Crippen LogP contribution in [0.15, 0.2) is 54.6 Å². The highest BCUT2D eigenvalue weighted by molar-refractivity contribution is 5.97. The van der Waals surface area contributed by atoms with Crippen LogP contribution >= 0.6 is 0 Å². The van der Waals surface area contributed by atoms with E-state index in [0.29, 0.717) is 22.8 Å². The number of hydrogen-bond donors (Lipinski definition) is 0. The molecule has 0 bridgehead atoms. The molecule has 0 saturated carbocycles. The lowest BCUT2D eigenvalue weighted by Crippen LogP contribution is -2.10. The summed E-state index contributed by atoms with van der Waals surface area (Å²) in [5.74, 6) is 0.166. The van der Waals surface area contributed by atoms with Crippen LogP contribution in [0.1, 0.15) is 21.6 Å². The Morgan fingerprint density at radius 3 is 2.17 bits per heavy atom. The summed E-state index contributed by atoms with van der Waals surface area (Å²) in [6.07, 6.45) is 0. The van der Waals surface area contributed by atoms with Crippen molar-refractivity contribution in [2.24, 2.45) is 0 Å². The predicted octanol–water partition coefficient (Wildman–Crippen LogP) is 4.21. The fraction of sp³-hybridized carbons (Fsp3) is 0.150. The van der Waals surface area contributed by atoms with Crippen molar-refractivity contribution < 1.29 is 9.53 Å². The van der Waals surface area contributed by atoms with Gasteiger partial charge in [0, 0.05) is 11.1 Å². The largest absolute Gasteiger partial charge is 0.465 e. The van der Waals surface area contributed by atoms with E-state index in [4.69, 9.17) is 4.74 Å². The lowest BCUT2D eigenvalue weighted by atomic mass is 10.0. The van der Waals surface area contributed by atoms with Gasteiger partial charge in [-0.05, 0) is 13.8 Å². The monoisotopic (exact) mass is 318 g/mol. The van der Waals surface area contributed by atoms with Crippen molar-refractivity contribution in [3.63, 3.8) is 0 Å². The molecule has 2 aromatic carbocycles. The molecule has 1 aromatic heterocycles. The molecule has 0 fully saturated rings. The van der Waals surface area contributed by atoms with E-state index < -0.39 is 5.97 Å². The van der Waals surface area contributed by atoms with E-state index in [1.165, 1.54) is 7.11 Å². The van der Waals surface area contributed by atoms with Crippen LogP contribution in [0.4, 0.5) is 0 Å². The van der Waals surface area contributed by atoms with Gasteiger partial charge in [0.1, 0.15) is 5.56 Å². The van der Waals surface area contributed by atoms with Gasteiger partial charge in [0.2, 0.25) is 0 Å². The first-order valence-corrected chi connectivity index (χ1v) is 7.69. The number of methoxy groups -OCH3 is 1. The highest BCUT2D eigenvalue weighted by Gasteiger charge is 2.21. The predicted molar refractivity (Wildman–Crippen MR) is 93.7 cm³/mol. The molecule has 4 nitrogen and oxygen atoms in total. The molecule has 4 heteroatoms. The zero-order valence-corrected chi connectivity index (χ0v) is 13.9. The molecule has 0 saturated heterocycles. The molecule has 120 valence electrons. The van der Waals surface area contributed by atoms with Gasteiger partial charge in [0.05, 0.1) is 18.5 Å². The number of carbonyl (C=O) groups excluding carboxylic acids is 1. The highest BCUT2D eigenvalue weighted by Crippen LogP contribution is 2.27. The maximum absolute atomic E-state index is 12.2. The van der Waals surface area contributed by atoms with E-state index in [-0.39, 0.29) is 0 Å². The normalized spacial score (nSPS) is 10.5. The minimum atomic E-state index is -0.428. The van der Waals surface area contributed by atoms with Crippen molar-refractivity contribution in [3.05, 3.63) is 71.4 Å². The van der Waals surface area contributed by atoms with Gasteiger partial charge in [-0.25, -0.2) is 14.8 Å². The van der Waals surface area contributed by atoms with Crippen LogP contribution in [0.5, 0.6) is 0 Å². The van der Waals surface area contributed by atoms with Crippen LogP contribution in [0.3, 0.4) is 0 Å². The van der Waals surface area contributed by atoms with Crippen molar-refractivity contribution in [2.75, 3.05) is 7.11 Å². The second-order valence-electron chi connectivity index (χ2n) is 5.58. The van der Waals surface area contributed by atoms with E-state index in [1.807, 2.05) is 61.5 Å². The maximum atomic E-state index is 12.2. The molecular weight excluding hydrogens is 300 g/mol. The number of aromatic nitrogens is 2. The smallest absolute Gasteiger partial charge is 0.341 e. The van der Waals surface area contributed by atoms with Crippen LogP contribution in [0, 0.1) is 13.8 Å². The average Bonchev–Trinajstić information content (AvgIpc) is 2.62. The SMILES string of the molecule is COC(=O)c1c(C)nc(-c2ccccc2)nc1-c1ccc(C)cc1. The summed E-state index contributed by atoms with van der Waals surface area (Å²) in [7, 11) is 1.37. The zero-order chi connectivity index (χ0) is 17.1. The number of ether oxygens (including phenoxy) is 1. The second-order valence-corrected chi connectivity index (χ2v) is 5.58. The minimum Gasteiger partial charge on any atom is -0.465 e. The Hall–Kier alpha value is -3.01. The summed E-state index contributed by atoms with van der Waals surface area (Å²) in [6, 6.07) is 17.6. The molecule has 3 rings (SSSR count). The third-order valence-electron chi connectivity index (χ3n) is 3.84. The van der Waals surface area contributed by atoms with E-state index in [0.717, 1.165) is 16.7 Å². The Balaban J connectivity index is 2.24. The average molecular weight is 318 g/mol. The third-order valence-corrected chi connectivity index (χ3v) is 3.84. The Bertz CT molecular complexity index is 872. The molecule has 0 aliphatic carbocycles. The van der Waals surface area contributed by atoms with Gasteiger partial charge in [0.15, 0.2) is 5.82 Å². The number of benzene rings is 2. The molecule has 1 heterocycles. The standard InChI is InChI=1S/C20H18N2O2/c1-13-9-11-15(12-10-13)18-17(20(23)24-3)14(2)21-19(22-18)16-7-5-4-6-8-16/h4-12H,1-3H3. The fourth-order valence-electron chi connectivity index (χ4n) is 2.56. The quantitative estimate of drug-likeness (QED) is 0.679. The van der Waals surface area contributed by atoms with Gasteiger partial charge in [-0.1, -0.05) is 60.2 Å². The van der Waals surface area contributed by atoms with Crippen molar-refractivity contribution in [1.29, 1.82) is 0 Å². The summed E-state index contributed by atoms with van der Waals surface area (Å²) in [5.41, 5.74) is 4.52. The summed E-state index contributed by atoms with van der Waals surface area (Å²) in [5, 5.41) is 0. The number of carbonyl (C=O) groups is 1. The lowest BCUT2D eigenvalue weighted by molar-refractivity contribution is 0.0600. The van der Waals surface area contributed by atoms with E-state index in [9.17, 15) is 4.79 Å². The van der Waals surface area contributed by atoms with E-state index in [2.05, 4.69) is 9.97 Å². The first-order chi connectivity index (χ1) is 11.6. The molecule has 0 N–H and O–H groups in total. The van der Waals surface area contributed by atoms with Crippen molar-refractivity contribution in [3.8, 4) is 22.6 Å². The molecule has 24 heavy (non-hydrogen) atoms. The summed E-state index contributed by atoms with van der Waals surface area (Å²) in [4.78, 5) is 21.4. The minimum absolute atomic E-state index is 0.404. The first kappa shape index (κ1) is 15.9. The Labute approximate surface area is 141 Å². The van der Waals surface area contributed by atoms with Crippen LogP contribution in [0.2, 0.25) is 0 Å². The van der Waals surface area contributed by atoms with Gasteiger partial charge in [-0.2, -0.15) is 0 Å². The number of rotatable bonds is 3. The van der Waals surface area contributed by atoms with Gasteiger partial charge >= 0.3 is 5.97 Å². The molecule has 0 radical (unpaired) electrons. The van der Waals surface area contributed by atoms with Gasteiger partial charge in [0.25, 0.3) is 0 Å². The molecule has 3 aromatic rings. The summed E-state index contributed by atoms with van der Waals surface area (Å²) in [6.45, 7) is 3.82. The number of esters is 1. The van der Waals surface area contributed by atoms with Crippen molar-refractivity contribution in [2.45, 2.75) is 13.8 Å². The highest BCUT2D eigenvalue weighted by atomic mass is 16.5. The third kappa shape index (κ3) is 3.04. The molecule has 0 amide bonds. The van der Waals surface area contributed by atoms with E-state index in [1.54, 1.807) is 6.92 Å². The number of hydrogen-bond acceptors (Lipinski definition) is 4. The summed E-state index contributed by atoms with van der Waals surface area (Å²) >= 11 is 0. The van der Waals surface area contributed by atoms with Crippen LogP contribution < -0.4 is 0 Å². The first-order valence-electron chi connectivity index (χ1n) is 7.69. The van der Waals surface area contributed by atoms with Gasteiger partial charge in [-0.3, -0.25) is 0 Å². The van der Waals surface area contributed by atoms with Crippen molar-refractivity contribution >= 4 is 5.97 Å². The molecule has 0 aliphatic heterocycles.